The van der Waals surface area contributed by atoms with Crippen molar-refractivity contribution in [1.29, 1.82) is 0 Å². The van der Waals surface area contributed by atoms with Gasteiger partial charge in [-0.05, 0) is 30.2 Å². The van der Waals surface area contributed by atoms with Crippen LogP contribution in [-0.4, -0.2) is 17.5 Å². The van der Waals surface area contributed by atoms with Gasteiger partial charge in [0.2, 0.25) is 0 Å². The molecular weight excluding hydrogens is 284 g/mol. The Morgan fingerprint density at radius 1 is 1.13 bits per heavy atom. The number of hydrogen-bond acceptors (Lipinski definition) is 2. The van der Waals surface area contributed by atoms with Crippen molar-refractivity contribution in [2.45, 2.75) is 39.2 Å². The molecule has 4 nitrogen and oxygen atoms in total. The third kappa shape index (κ3) is 6.10. The Hall–Kier alpha value is -2.36. The lowest BCUT2D eigenvalue weighted by Gasteiger charge is -2.06. The van der Waals surface area contributed by atoms with Crippen LogP contribution in [0.5, 0.6) is 0 Å². The summed E-state index contributed by atoms with van der Waals surface area (Å²) in [7, 11) is 0. The number of hydrogen-bond donors (Lipinski definition) is 2. The summed E-state index contributed by atoms with van der Waals surface area (Å²) in [6.45, 7) is 3.68. The average Bonchev–Trinajstić information content (AvgIpc) is 2.61. The Bertz CT molecular complexity index is 608. The van der Waals surface area contributed by atoms with E-state index < -0.39 is 0 Å². The van der Waals surface area contributed by atoms with Gasteiger partial charge >= 0.3 is 0 Å². The van der Waals surface area contributed by atoms with E-state index in [0.717, 1.165) is 29.8 Å². The van der Waals surface area contributed by atoms with Gasteiger partial charge in [0.25, 0.3) is 0 Å². The molecule has 0 saturated heterocycles. The van der Waals surface area contributed by atoms with E-state index >= 15 is 0 Å². The Morgan fingerprint density at radius 2 is 2.04 bits per heavy atom. The molecule has 0 atom stereocenters. The summed E-state index contributed by atoms with van der Waals surface area (Å²) in [5, 5.41) is 3.17. The van der Waals surface area contributed by atoms with E-state index in [-0.39, 0.29) is 0 Å². The van der Waals surface area contributed by atoms with Crippen molar-refractivity contribution in [3.8, 4) is 11.3 Å². The van der Waals surface area contributed by atoms with Crippen molar-refractivity contribution < 1.29 is 0 Å². The molecular formula is C19H26N4. The summed E-state index contributed by atoms with van der Waals surface area (Å²) >= 11 is 0. The minimum absolute atomic E-state index is 0.518. The number of aromatic nitrogens is 1. The van der Waals surface area contributed by atoms with Crippen LogP contribution in [0.4, 0.5) is 0 Å². The van der Waals surface area contributed by atoms with Gasteiger partial charge < -0.3 is 11.1 Å². The van der Waals surface area contributed by atoms with Crippen molar-refractivity contribution in [3.05, 3.63) is 54.2 Å². The lowest BCUT2D eigenvalue weighted by atomic mass is 10.1. The van der Waals surface area contributed by atoms with Gasteiger partial charge in [0.15, 0.2) is 5.96 Å². The Morgan fingerprint density at radius 3 is 2.83 bits per heavy atom. The topological polar surface area (TPSA) is 63.3 Å². The predicted octanol–water partition coefficient (Wildman–Crippen LogP) is 3.73. The first kappa shape index (κ1) is 17.0. The minimum atomic E-state index is 0.518. The van der Waals surface area contributed by atoms with E-state index in [1.165, 1.54) is 19.3 Å². The van der Waals surface area contributed by atoms with E-state index in [1.54, 1.807) is 6.20 Å². The number of nitrogens with two attached hydrogens (primary N) is 1. The molecule has 0 spiro atoms. The summed E-state index contributed by atoms with van der Waals surface area (Å²) < 4.78 is 0. The van der Waals surface area contributed by atoms with Gasteiger partial charge in [-0.25, -0.2) is 4.99 Å². The molecule has 0 aliphatic heterocycles. The first-order chi connectivity index (χ1) is 11.3. The molecule has 122 valence electrons. The molecule has 0 saturated carbocycles. The maximum absolute atomic E-state index is 5.91. The SMILES string of the molecule is CCCCCCNC(N)=NCc1cccc(-c2ccccn2)c1. The zero-order chi connectivity index (χ0) is 16.3. The summed E-state index contributed by atoms with van der Waals surface area (Å²) in [5.41, 5.74) is 9.11. The lowest BCUT2D eigenvalue weighted by Crippen LogP contribution is -2.32. The zero-order valence-electron chi connectivity index (χ0n) is 13.8. The Balaban J connectivity index is 1.87. The number of unbranched alkanes of at least 4 members (excludes halogenated alkanes) is 3. The van der Waals surface area contributed by atoms with Gasteiger partial charge in [0, 0.05) is 18.3 Å². The molecule has 0 fully saturated rings. The molecule has 0 aliphatic rings. The van der Waals surface area contributed by atoms with Crippen molar-refractivity contribution in [3.63, 3.8) is 0 Å². The van der Waals surface area contributed by atoms with Crippen molar-refractivity contribution in [2.24, 2.45) is 10.7 Å². The highest BCUT2D eigenvalue weighted by Gasteiger charge is 2.00. The molecule has 0 amide bonds. The van der Waals surface area contributed by atoms with Gasteiger partial charge in [-0.15, -0.1) is 0 Å². The van der Waals surface area contributed by atoms with Crippen LogP contribution in [0, 0.1) is 0 Å². The van der Waals surface area contributed by atoms with E-state index in [4.69, 9.17) is 5.73 Å². The van der Waals surface area contributed by atoms with Gasteiger partial charge in [0.05, 0.1) is 12.2 Å². The first-order valence-electron chi connectivity index (χ1n) is 8.33. The van der Waals surface area contributed by atoms with Gasteiger partial charge in [-0.1, -0.05) is 50.5 Å². The molecule has 3 N–H and O–H groups in total. The molecule has 1 aromatic carbocycles. The van der Waals surface area contributed by atoms with Crippen LogP contribution in [0.15, 0.2) is 53.7 Å². The first-order valence-corrected chi connectivity index (χ1v) is 8.33. The van der Waals surface area contributed by atoms with Crippen LogP contribution >= 0.6 is 0 Å². The molecule has 1 heterocycles. The highest BCUT2D eigenvalue weighted by Crippen LogP contribution is 2.18. The molecule has 0 radical (unpaired) electrons. The smallest absolute Gasteiger partial charge is 0.188 e. The van der Waals surface area contributed by atoms with E-state index in [2.05, 4.69) is 40.4 Å². The zero-order valence-corrected chi connectivity index (χ0v) is 13.8. The molecule has 0 aliphatic carbocycles. The minimum Gasteiger partial charge on any atom is -0.370 e. The van der Waals surface area contributed by atoms with Crippen LogP contribution in [0.2, 0.25) is 0 Å². The number of aliphatic imine (C=N–C) groups is 1. The van der Waals surface area contributed by atoms with Crippen molar-refractivity contribution in [2.75, 3.05) is 6.54 Å². The molecule has 23 heavy (non-hydrogen) atoms. The number of guanidine groups is 1. The largest absolute Gasteiger partial charge is 0.370 e. The summed E-state index contributed by atoms with van der Waals surface area (Å²) in [4.78, 5) is 8.79. The van der Waals surface area contributed by atoms with Gasteiger partial charge in [-0.3, -0.25) is 4.98 Å². The number of pyridine rings is 1. The molecule has 1 aromatic heterocycles. The number of nitrogens with one attached hydrogen (secondary N) is 1. The second-order valence-corrected chi connectivity index (χ2v) is 5.60. The van der Waals surface area contributed by atoms with E-state index in [9.17, 15) is 0 Å². The Labute approximate surface area is 138 Å². The lowest BCUT2D eigenvalue weighted by molar-refractivity contribution is 0.652. The van der Waals surface area contributed by atoms with Crippen LogP contribution in [0.25, 0.3) is 11.3 Å². The van der Waals surface area contributed by atoms with E-state index in [0.29, 0.717) is 12.5 Å². The summed E-state index contributed by atoms with van der Waals surface area (Å²) in [6.07, 6.45) is 6.71. The fourth-order valence-corrected chi connectivity index (χ4v) is 2.36. The molecule has 4 heteroatoms. The van der Waals surface area contributed by atoms with Gasteiger partial charge in [0.1, 0.15) is 0 Å². The van der Waals surface area contributed by atoms with E-state index in [1.807, 2.05) is 24.3 Å². The van der Waals surface area contributed by atoms with Crippen LogP contribution in [0.1, 0.15) is 38.2 Å². The highest BCUT2D eigenvalue weighted by molar-refractivity contribution is 5.77. The maximum Gasteiger partial charge on any atom is 0.188 e. The number of nitrogens with zero attached hydrogens (tertiary/aromatic N) is 2. The molecule has 2 rings (SSSR count). The normalized spacial score (nSPS) is 11.4. The van der Waals surface area contributed by atoms with Crippen LogP contribution in [-0.2, 0) is 6.54 Å². The third-order valence-electron chi connectivity index (χ3n) is 3.66. The third-order valence-corrected chi connectivity index (χ3v) is 3.66. The monoisotopic (exact) mass is 310 g/mol. The second-order valence-electron chi connectivity index (χ2n) is 5.60. The Kier molecular flexibility index (Phi) is 7.11. The van der Waals surface area contributed by atoms with Crippen LogP contribution < -0.4 is 11.1 Å². The fourth-order valence-electron chi connectivity index (χ4n) is 2.36. The standard InChI is InChI=1S/C19H26N4/c1-2-3-4-6-13-22-19(20)23-15-16-9-8-10-17(14-16)18-11-5-7-12-21-18/h5,7-12,14H,2-4,6,13,15H2,1H3,(H3,20,22,23). The molecule has 0 bridgehead atoms. The number of benzene rings is 1. The van der Waals surface area contributed by atoms with Crippen molar-refractivity contribution in [1.82, 2.24) is 10.3 Å². The second kappa shape index (κ2) is 9.62. The quantitative estimate of drug-likeness (QED) is 0.443. The summed E-state index contributed by atoms with van der Waals surface area (Å²) in [5.74, 6) is 0.518. The molecule has 2 aromatic rings. The summed E-state index contributed by atoms with van der Waals surface area (Å²) in [6, 6.07) is 14.2. The van der Waals surface area contributed by atoms with Crippen LogP contribution in [0.3, 0.4) is 0 Å². The van der Waals surface area contributed by atoms with Crippen molar-refractivity contribution >= 4 is 5.96 Å². The molecule has 0 unspecified atom stereocenters. The fraction of sp³-hybridized carbons (Fsp3) is 0.368. The maximum atomic E-state index is 5.91. The van der Waals surface area contributed by atoms with Gasteiger partial charge in [-0.2, -0.15) is 0 Å². The number of rotatable bonds is 8. The highest BCUT2D eigenvalue weighted by atomic mass is 15.1. The average molecular weight is 310 g/mol. The predicted molar refractivity (Wildman–Crippen MR) is 97.1 cm³/mol.